The van der Waals surface area contributed by atoms with Crippen LogP contribution in [0.4, 0.5) is 0 Å². The third-order valence-electron chi connectivity index (χ3n) is 2.80. The number of benzene rings is 1. The van der Waals surface area contributed by atoms with Gasteiger partial charge in [-0.25, -0.2) is 0 Å². The first-order chi connectivity index (χ1) is 7.15. The molecule has 2 unspecified atom stereocenters. The van der Waals surface area contributed by atoms with E-state index in [1.807, 2.05) is 38.1 Å². The molecule has 2 atom stereocenters. The quantitative estimate of drug-likeness (QED) is 0.806. The van der Waals surface area contributed by atoms with Crippen LogP contribution in [0.3, 0.4) is 0 Å². The summed E-state index contributed by atoms with van der Waals surface area (Å²) in [5, 5.41) is 9.74. The molecule has 0 saturated carbocycles. The number of hydrogen-bond acceptors (Lipinski definition) is 2. The van der Waals surface area contributed by atoms with Gasteiger partial charge in [-0.1, -0.05) is 38.5 Å². The second-order valence-corrected chi connectivity index (χ2v) is 4.03. The number of aliphatic hydroxyl groups excluding tert-OH is 1. The highest BCUT2D eigenvalue weighted by atomic mass is 16.5. The van der Waals surface area contributed by atoms with Gasteiger partial charge in [0.05, 0.1) is 6.10 Å². The van der Waals surface area contributed by atoms with E-state index >= 15 is 0 Å². The summed E-state index contributed by atoms with van der Waals surface area (Å²) in [5.74, 6) is 1.15. The second kappa shape index (κ2) is 5.76. The van der Waals surface area contributed by atoms with Crippen LogP contribution >= 0.6 is 0 Å². The number of ether oxygens (including phenoxy) is 1. The third-order valence-corrected chi connectivity index (χ3v) is 2.80. The van der Waals surface area contributed by atoms with Crippen LogP contribution in [0.25, 0.3) is 0 Å². The Balaban J connectivity index is 2.47. The molecule has 0 bridgehead atoms. The molecule has 0 aromatic heterocycles. The lowest BCUT2D eigenvalue weighted by Crippen LogP contribution is -2.24. The molecular formula is C13H20O2. The van der Waals surface area contributed by atoms with Gasteiger partial charge >= 0.3 is 0 Å². The van der Waals surface area contributed by atoms with Gasteiger partial charge < -0.3 is 9.84 Å². The van der Waals surface area contributed by atoms with Crippen LogP contribution in [-0.2, 0) is 0 Å². The van der Waals surface area contributed by atoms with Crippen molar-refractivity contribution in [1.29, 1.82) is 0 Å². The van der Waals surface area contributed by atoms with Crippen LogP contribution in [-0.4, -0.2) is 17.8 Å². The van der Waals surface area contributed by atoms with E-state index in [2.05, 4.69) is 6.92 Å². The smallest absolute Gasteiger partial charge is 0.122 e. The number of hydrogen-bond donors (Lipinski definition) is 1. The van der Waals surface area contributed by atoms with E-state index in [-0.39, 0.29) is 12.0 Å². The average Bonchev–Trinajstić information content (AvgIpc) is 2.26. The molecule has 0 spiro atoms. The lowest BCUT2D eigenvalue weighted by molar-refractivity contribution is 0.0619. The number of aryl methyl sites for hydroxylation is 1. The molecule has 2 heteroatoms. The second-order valence-electron chi connectivity index (χ2n) is 4.03. The summed E-state index contributed by atoms with van der Waals surface area (Å²) in [6, 6.07) is 7.86. The third kappa shape index (κ3) is 3.56. The minimum atomic E-state index is -0.380. The van der Waals surface area contributed by atoms with Gasteiger partial charge in [0.25, 0.3) is 0 Å². The summed E-state index contributed by atoms with van der Waals surface area (Å²) < 4.78 is 5.57. The highest BCUT2D eigenvalue weighted by molar-refractivity contribution is 5.31. The Morgan fingerprint density at radius 3 is 2.60 bits per heavy atom. The van der Waals surface area contributed by atoms with Crippen molar-refractivity contribution in [2.24, 2.45) is 5.92 Å². The van der Waals surface area contributed by atoms with E-state index in [9.17, 15) is 5.11 Å². The van der Waals surface area contributed by atoms with Crippen molar-refractivity contribution < 1.29 is 9.84 Å². The summed E-state index contributed by atoms with van der Waals surface area (Å²) in [4.78, 5) is 0. The summed E-state index contributed by atoms with van der Waals surface area (Å²) in [6.07, 6.45) is 0.591. The first-order valence-electron chi connectivity index (χ1n) is 5.51. The standard InChI is InChI=1S/C13H20O2/c1-4-10(2)12(14)9-15-13-8-6-5-7-11(13)3/h5-8,10,12,14H,4,9H2,1-3H3. The Morgan fingerprint density at radius 2 is 2.00 bits per heavy atom. The summed E-state index contributed by atoms with van der Waals surface area (Å²) in [7, 11) is 0. The van der Waals surface area contributed by atoms with Crippen molar-refractivity contribution in [1.82, 2.24) is 0 Å². The van der Waals surface area contributed by atoms with Gasteiger partial charge in [0.15, 0.2) is 0 Å². The topological polar surface area (TPSA) is 29.5 Å². The fourth-order valence-corrected chi connectivity index (χ4v) is 1.33. The van der Waals surface area contributed by atoms with E-state index in [4.69, 9.17) is 4.74 Å². The van der Waals surface area contributed by atoms with Crippen molar-refractivity contribution in [2.75, 3.05) is 6.61 Å². The fourth-order valence-electron chi connectivity index (χ4n) is 1.33. The van der Waals surface area contributed by atoms with Gasteiger partial charge in [-0.05, 0) is 24.5 Å². The molecule has 0 saturated heterocycles. The van der Waals surface area contributed by atoms with Crippen LogP contribution in [0, 0.1) is 12.8 Å². The summed E-state index contributed by atoms with van der Waals surface area (Å²) >= 11 is 0. The van der Waals surface area contributed by atoms with E-state index in [0.717, 1.165) is 17.7 Å². The molecule has 0 radical (unpaired) electrons. The zero-order valence-corrected chi connectivity index (χ0v) is 9.73. The number of rotatable bonds is 5. The molecule has 2 nitrogen and oxygen atoms in total. The molecular weight excluding hydrogens is 188 g/mol. The molecule has 1 rings (SSSR count). The van der Waals surface area contributed by atoms with E-state index < -0.39 is 0 Å². The van der Waals surface area contributed by atoms with E-state index in [1.165, 1.54) is 0 Å². The van der Waals surface area contributed by atoms with Crippen LogP contribution in [0.5, 0.6) is 5.75 Å². The van der Waals surface area contributed by atoms with Crippen molar-refractivity contribution in [3.8, 4) is 5.75 Å². The Bertz CT molecular complexity index is 296. The summed E-state index contributed by atoms with van der Waals surface area (Å²) in [5.41, 5.74) is 1.11. The zero-order chi connectivity index (χ0) is 11.3. The Labute approximate surface area is 91.9 Å². The van der Waals surface area contributed by atoms with Crippen molar-refractivity contribution in [3.63, 3.8) is 0 Å². The predicted octanol–water partition coefficient (Wildman–Crippen LogP) is 2.78. The zero-order valence-electron chi connectivity index (χ0n) is 9.73. The first kappa shape index (κ1) is 12.1. The minimum Gasteiger partial charge on any atom is -0.491 e. The summed E-state index contributed by atoms with van der Waals surface area (Å²) in [6.45, 7) is 6.48. The van der Waals surface area contributed by atoms with Gasteiger partial charge in [0, 0.05) is 0 Å². The largest absolute Gasteiger partial charge is 0.491 e. The molecule has 1 aromatic carbocycles. The maximum atomic E-state index is 9.74. The van der Waals surface area contributed by atoms with Crippen LogP contribution in [0.15, 0.2) is 24.3 Å². The normalized spacial score (nSPS) is 14.7. The van der Waals surface area contributed by atoms with E-state index in [1.54, 1.807) is 0 Å². The SMILES string of the molecule is CCC(C)C(O)COc1ccccc1C. The van der Waals surface area contributed by atoms with Crippen molar-refractivity contribution in [2.45, 2.75) is 33.3 Å². The number of aliphatic hydroxyl groups is 1. The lowest BCUT2D eigenvalue weighted by Gasteiger charge is -2.18. The van der Waals surface area contributed by atoms with Crippen molar-refractivity contribution in [3.05, 3.63) is 29.8 Å². The maximum absolute atomic E-state index is 9.74. The van der Waals surface area contributed by atoms with Crippen LogP contribution in [0.2, 0.25) is 0 Å². The molecule has 1 aromatic rings. The Kier molecular flexibility index (Phi) is 4.63. The monoisotopic (exact) mass is 208 g/mol. The van der Waals surface area contributed by atoms with Gasteiger partial charge in [-0.3, -0.25) is 0 Å². The molecule has 15 heavy (non-hydrogen) atoms. The fraction of sp³-hybridized carbons (Fsp3) is 0.538. The molecule has 0 amide bonds. The molecule has 0 heterocycles. The van der Waals surface area contributed by atoms with Gasteiger partial charge in [-0.15, -0.1) is 0 Å². The van der Waals surface area contributed by atoms with Gasteiger partial charge in [0.1, 0.15) is 12.4 Å². The molecule has 1 N–H and O–H groups in total. The maximum Gasteiger partial charge on any atom is 0.122 e. The highest BCUT2D eigenvalue weighted by Gasteiger charge is 2.13. The van der Waals surface area contributed by atoms with Crippen LogP contribution in [0.1, 0.15) is 25.8 Å². The van der Waals surface area contributed by atoms with Gasteiger partial charge in [0.2, 0.25) is 0 Å². The van der Waals surface area contributed by atoms with Gasteiger partial charge in [-0.2, -0.15) is 0 Å². The van der Waals surface area contributed by atoms with Crippen molar-refractivity contribution >= 4 is 0 Å². The Morgan fingerprint density at radius 1 is 1.33 bits per heavy atom. The predicted molar refractivity (Wildman–Crippen MR) is 62.1 cm³/mol. The van der Waals surface area contributed by atoms with Crippen LogP contribution < -0.4 is 4.74 Å². The highest BCUT2D eigenvalue weighted by Crippen LogP contribution is 2.17. The van der Waals surface area contributed by atoms with E-state index in [0.29, 0.717) is 6.61 Å². The molecule has 0 aliphatic heterocycles. The first-order valence-corrected chi connectivity index (χ1v) is 5.51. The Hall–Kier alpha value is -1.02. The molecule has 84 valence electrons. The minimum absolute atomic E-state index is 0.286. The average molecular weight is 208 g/mol. The molecule has 0 fully saturated rings. The molecule has 0 aliphatic rings. The number of para-hydroxylation sites is 1. The molecule has 0 aliphatic carbocycles. The lowest BCUT2D eigenvalue weighted by atomic mass is 10.0.